The maximum absolute atomic E-state index is 11.9. The second-order valence-electron chi connectivity index (χ2n) is 5.10. The van der Waals surface area contributed by atoms with Crippen molar-refractivity contribution in [1.82, 2.24) is 5.32 Å². The number of nitrogens with one attached hydrogen (secondary N) is 1. The van der Waals surface area contributed by atoms with E-state index in [-0.39, 0.29) is 17.8 Å². The van der Waals surface area contributed by atoms with Crippen molar-refractivity contribution in [3.8, 4) is 0 Å². The van der Waals surface area contributed by atoms with Crippen LogP contribution in [0, 0.1) is 11.8 Å². The van der Waals surface area contributed by atoms with Gasteiger partial charge in [-0.2, -0.15) is 0 Å². The summed E-state index contributed by atoms with van der Waals surface area (Å²) in [6.45, 7) is 2.79. The van der Waals surface area contributed by atoms with Gasteiger partial charge in [-0.05, 0) is 38.0 Å². The van der Waals surface area contributed by atoms with Gasteiger partial charge in [-0.3, -0.25) is 9.59 Å². The van der Waals surface area contributed by atoms with Gasteiger partial charge in [0.1, 0.15) is 0 Å². The van der Waals surface area contributed by atoms with Gasteiger partial charge >= 0.3 is 5.97 Å². The zero-order valence-corrected chi connectivity index (χ0v) is 11.5. The lowest BCUT2D eigenvalue weighted by Gasteiger charge is -2.26. The standard InChI is InChI=1S/C14H25NO3/c1-3-11-6-8-12(9-7-11)14(17)15-10-4-5-13(16)18-2/h11-12H,3-10H2,1-2H3,(H,15,17). The zero-order valence-electron chi connectivity index (χ0n) is 11.5. The fourth-order valence-electron chi connectivity index (χ4n) is 2.52. The van der Waals surface area contributed by atoms with Gasteiger partial charge in [0.05, 0.1) is 7.11 Å². The quantitative estimate of drug-likeness (QED) is 0.585. The summed E-state index contributed by atoms with van der Waals surface area (Å²) in [6, 6.07) is 0. The molecular weight excluding hydrogens is 230 g/mol. The van der Waals surface area contributed by atoms with E-state index < -0.39 is 0 Å². The first-order valence-corrected chi connectivity index (χ1v) is 7.01. The SMILES string of the molecule is CCC1CCC(C(=O)NCCCC(=O)OC)CC1. The van der Waals surface area contributed by atoms with Crippen molar-refractivity contribution < 1.29 is 14.3 Å². The molecule has 0 radical (unpaired) electrons. The lowest BCUT2D eigenvalue weighted by Crippen LogP contribution is -2.33. The Bertz CT molecular complexity index is 270. The Morgan fingerprint density at radius 3 is 2.44 bits per heavy atom. The van der Waals surface area contributed by atoms with Gasteiger partial charge < -0.3 is 10.1 Å². The summed E-state index contributed by atoms with van der Waals surface area (Å²) < 4.78 is 4.55. The minimum atomic E-state index is -0.215. The van der Waals surface area contributed by atoms with E-state index in [0.29, 0.717) is 19.4 Å². The van der Waals surface area contributed by atoms with Crippen molar-refractivity contribution in [1.29, 1.82) is 0 Å². The van der Waals surface area contributed by atoms with E-state index in [1.165, 1.54) is 26.4 Å². The maximum Gasteiger partial charge on any atom is 0.305 e. The Balaban J connectivity index is 2.12. The number of amides is 1. The Labute approximate surface area is 109 Å². The molecule has 1 saturated carbocycles. The highest BCUT2D eigenvalue weighted by Gasteiger charge is 2.24. The molecule has 0 unspecified atom stereocenters. The number of esters is 1. The molecule has 0 aliphatic heterocycles. The van der Waals surface area contributed by atoms with Crippen molar-refractivity contribution >= 4 is 11.9 Å². The van der Waals surface area contributed by atoms with Gasteiger partial charge in [0, 0.05) is 18.9 Å². The number of ether oxygens (including phenoxy) is 1. The van der Waals surface area contributed by atoms with Crippen molar-refractivity contribution in [2.75, 3.05) is 13.7 Å². The lowest BCUT2D eigenvalue weighted by atomic mass is 9.80. The second-order valence-corrected chi connectivity index (χ2v) is 5.10. The van der Waals surface area contributed by atoms with Crippen molar-refractivity contribution in [2.45, 2.75) is 51.9 Å². The van der Waals surface area contributed by atoms with E-state index in [0.717, 1.165) is 18.8 Å². The van der Waals surface area contributed by atoms with E-state index in [9.17, 15) is 9.59 Å². The molecule has 0 aromatic heterocycles. The van der Waals surface area contributed by atoms with E-state index in [1.807, 2.05) is 0 Å². The van der Waals surface area contributed by atoms with Gasteiger partial charge in [0.25, 0.3) is 0 Å². The molecule has 104 valence electrons. The second kappa shape index (κ2) is 8.11. The average molecular weight is 255 g/mol. The summed E-state index contributed by atoms with van der Waals surface area (Å²) >= 11 is 0. The van der Waals surface area contributed by atoms with Gasteiger partial charge in [-0.1, -0.05) is 13.3 Å². The fourth-order valence-corrected chi connectivity index (χ4v) is 2.52. The molecule has 0 aromatic carbocycles. The Morgan fingerprint density at radius 1 is 1.22 bits per heavy atom. The molecule has 4 nitrogen and oxygen atoms in total. The molecule has 18 heavy (non-hydrogen) atoms. The summed E-state index contributed by atoms with van der Waals surface area (Å²) in [4.78, 5) is 22.8. The van der Waals surface area contributed by atoms with Crippen LogP contribution in [-0.2, 0) is 14.3 Å². The van der Waals surface area contributed by atoms with Crippen molar-refractivity contribution in [2.24, 2.45) is 11.8 Å². The highest BCUT2D eigenvalue weighted by atomic mass is 16.5. The molecule has 0 bridgehead atoms. The van der Waals surface area contributed by atoms with E-state index in [2.05, 4.69) is 17.0 Å². The van der Waals surface area contributed by atoms with Crippen molar-refractivity contribution in [3.05, 3.63) is 0 Å². The summed E-state index contributed by atoms with van der Waals surface area (Å²) in [5.74, 6) is 0.946. The first-order valence-electron chi connectivity index (χ1n) is 7.01. The van der Waals surface area contributed by atoms with E-state index in [1.54, 1.807) is 0 Å². The molecule has 0 saturated heterocycles. The molecule has 1 aliphatic rings. The summed E-state index contributed by atoms with van der Waals surface area (Å²) in [5.41, 5.74) is 0. The largest absolute Gasteiger partial charge is 0.469 e. The fraction of sp³-hybridized carbons (Fsp3) is 0.857. The van der Waals surface area contributed by atoms with Crippen LogP contribution in [0.15, 0.2) is 0 Å². The van der Waals surface area contributed by atoms with Gasteiger partial charge in [-0.15, -0.1) is 0 Å². The number of methoxy groups -OCH3 is 1. The number of hydrogen-bond donors (Lipinski definition) is 1. The van der Waals surface area contributed by atoms with Crippen LogP contribution in [-0.4, -0.2) is 25.5 Å². The molecule has 1 amide bonds. The molecular formula is C14H25NO3. The average Bonchev–Trinajstić information content (AvgIpc) is 2.43. The number of carbonyl (C=O) groups is 2. The molecule has 1 aliphatic carbocycles. The normalized spacial score (nSPS) is 23.4. The van der Waals surface area contributed by atoms with Gasteiger partial charge in [-0.25, -0.2) is 0 Å². The molecule has 0 spiro atoms. The first-order chi connectivity index (χ1) is 8.67. The monoisotopic (exact) mass is 255 g/mol. The number of hydrogen-bond acceptors (Lipinski definition) is 3. The third kappa shape index (κ3) is 5.07. The topological polar surface area (TPSA) is 55.4 Å². The van der Waals surface area contributed by atoms with Crippen molar-refractivity contribution in [3.63, 3.8) is 0 Å². The molecule has 0 atom stereocenters. The molecule has 1 rings (SSSR count). The number of rotatable bonds is 6. The van der Waals surface area contributed by atoms with Gasteiger partial charge in [0.2, 0.25) is 5.91 Å². The molecule has 1 N–H and O–H groups in total. The van der Waals surface area contributed by atoms with Crippen LogP contribution in [0.2, 0.25) is 0 Å². The van der Waals surface area contributed by atoms with Crippen LogP contribution >= 0.6 is 0 Å². The summed E-state index contributed by atoms with van der Waals surface area (Å²) in [6.07, 6.45) is 6.64. The van der Waals surface area contributed by atoms with Crippen LogP contribution in [0.4, 0.5) is 0 Å². The van der Waals surface area contributed by atoms with Crippen LogP contribution in [0.3, 0.4) is 0 Å². The minimum Gasteiger partial charge on any atom is -0.469 e. The molecule has 1 fully saturated rings. The maximum atomic E-state index is 11.9. The minimum absolute atomic E-state index is 0.161. The highest BCUT2D eigenvalue weighted by Crippen LogP contribution is 2.30. The molecule has 0 heterocycles. The van der Waals surface area contributed by atoms with Crippen LogP contribution in [0.25, 0.3) is 0 Å². The van der Waals surface area contributed by atoms with Gasteiger partial charge in [0.15, 0.2) is 0 Å². The van der Waals surface area contributed by atoms with Crippen LogP contribution in [0.1, 0.15) is 51.9 Å². The predicted molar refractivity (Wildman–Crippen MR) is 70.0 cm³/mol. The third-order valence-corrected chi connectivity index (χ3v) is 3.88. The Morgan fingerprint density at radius 2 is 1.89 bits per heavy atom. The van der Waals surface area contributed by atoms with Crippen LogP contribution in [0.5, 0.6) is 0 Å². The lowest BCUT2D eigenvalue weighted by molar-refractivity contribution is -0.140. The van der Waals surface area contributed by atoms with E-state index in [4.69, 9.17) is 0 Å². The smallest absolute Gasteiger partial charge is 0.305 e. The summed E-state index contributed by atoms with van der Waals surface area (Å²) in [5, 5.41) is 2.92. The summed E-state index contributed by atoms with van der Waals surface area (Å²) in [7, 11) is 1.38. The third-order valence-electron chi connectivity index (χ3n) is 3.88. The van der Waals surface area contributed by atoms with E-state index >= 15 is 0 Å². The molecule has 0 aromatic rings. The Hall–Kier alpha value is -1.06. The highest BCUT2D eigenvalue weighted by molar-refractivity contribution is 5.78. The van der Waals surface area contributed by atoms with Crippen LogP contribution < -0.4 is 5.32 Å². The Kier molecular flexibility index (Phi) is 6.76. The zero-order chi connectivity index (χ0) is 13.4. The molecule has 4 heteroatoms. The first kappa shape index (κ1) is 15.0. The number of carbonyl (C=O) groups excluding carboxylic acids is 2. The predicted octanol–water partition coefficient (Wildman–Crippen LogP) is 2.27.